The molecule has 0 fully saturated rings. The molecular weight excluding hydrogens is 146 g/mol. The van der Waals surface area contributed by atoms with Crippen molar-refractivity contribution in [3.05, 3.63) is 0 Å². The first-order chi connectivity index (χ1) is 5.13. The van der Waals surface area contributed by atoms with Crippen LogP contribution >= 0.6 is 0 Å². The average molecular weight is 161 g/mol. The molecule has 0 aromatic carbocycles. The van der Waals surface area contributed by atoms with Crippen molar-refractivity contribution in [2.24, 2.45) is 5.73 Å². The summed E-state index contributed by atoms with van der Waals surface area (Å²) in [6, 6.07) is -0.681. The van der Waals surface area contributed by atoms with Gasteiger partial charge in [0.1, 0.15) is 6.04 Å². The molecule has 0 aromatic rings. The van der Waals surface area contributed by atoms with Crippen molar-refractivity contribution in [1.82, 2.24) is 0 Å². The number of carbonyl (C=O) groups is 1. The van der Waals surface area contributed by atoms with Gasteiger partial charge in [0.25, 0.3) is 0 Å². The summed E-state index contributed by atoms with van der Waals surface area (Å²) in [6.45, 7) is 3.81. The standard InChI is InChI=1S/C7H15NO3/c1-4-11-7(9)6(8)5(2)10-3/h5-6H,4,8H2,1-3H3/t5-,6+/m0/s1. The highest BCUT2D eigenvalue weighted by atomic mass is 16.5. The number of rotatable bonds is 4. The van der Waals surface area contributed by atoms with Crippen molar-refractivity contribution in [3.63, 3.8) is 0 Å². The molecule has 0 radical (unpaired) electrons. The SMILES string of the molecule is CCOC(=O)[C@H](N)[C@H](C)OC. The van der Waals surface area contributed by atoms with E-state index in [2.05, 4.69) is 4.74 Å². The predicted octanol–water partition coefficient (Wildman–Crippen LogP) is -0.0883. The Balaban J connectivity index is 3.80. The van der Waals surface area contributed by atoms with Crippen molar-refractivity contribution < 1.29 is 14.3 Å². The maximum absolute atomic E-state index is 10.9. The highest BCUT2D eigenvalue weighted by Gasteiger charge is 2.21. The highest BCUT2D eigenvalue weighted by Crippen LogP contribution is 1.96. The van der Waals surface area contributed by atoms with E-state index in [9.17, 15) is 4.79 Å². The molecule has 0 spiro atoms. The van der Waals surface area contributed by atoms with Crippen molar-refractivity contribution >= 4 is 5.97 Å². The second kappa shape index (κ2) is 5.09. The molecule has 0 bridgehead atoms. The van der Waals surface area contributed by atoms with E-state index in [4.69, 9.17) is 10.5 Å². The van der Waals surface area contributed by atoms with Crippen molar-refractivity contribution in [2.45, 2.75) is 26.0 Å². The Morgan fingerprint density at radius 3 is 2.55 bits per heavy atom. The minimum Gasteiger partial charge on any atom is -0.465 e. The molecule has 0 aliphatic heterocycles. The van der Waals surface area contributed by atoms with E-state index >= 15 is 0 Å². The van der Waals surface area contributed by atoms with E-state index in [1.165, 1.54) is 7.11 Å². The van der Waals surface area contributed by atoms with Gasteiger partial charge in [0.05, 0.1) is 12.7 Å². The van der Waals surface area contributed by atoms with Crippen LogP contribution in [-0.2, 0) is 14.3 Å². The monoisotopic (exact) mass is 161 g/mol. The van der Waals surface area contributed by atoms with Gasteiger partial charge >= 0.3 is 5.97 Å². The first-order valence-electron chi connectivity index (χ1n) is 3.58. The van der Waals surface area contributed by atoms with Crippen LogP contribution < -0.4 is 5.73 Å². The molecule has 0 heterocycles. The van der Waals surface area contributed by atoms with Gasteiger partial charge < -0.3 is 15.2 Å². The molecule has 4 nitrogen and oxygen atoms in total. The van der Waals surface area contributed by atoms with E-state index in [0.717, 1.165) is 0 Å². The Morgan fingerprint density at radius 2 is 2.18 bits per heavy atom. The molecular formula is C7H15NO3. The Morgan fingerprint density at radius 1 is 1.64 bits per heavy atom. The Kier molecular flexibility index (Phi) is 4.81. The van der Waals surface area contributed by atoms with Crippen LogP contribution in [0, 0.1) is 0 Å². The fraction of sp³-hybridized carbons (Fsp3) is 0.857. The molecule has 0 unspecified atom stereocenters. The summed E-state index contributed by atoms with van der Waals surface area (Å²) in [5, 5.41) is 0. The number of hydrogen-bond donors (Lipinski definition) is 1. The first-order valence-corrected chi connectivity index (χ1v) is 3.58. The molecule has 4 heteroatoms. The summed E-state index contributed by atoms with van der Waals surface area (Å²) in [6.07, 6.45) is -0.297. The third kappa shape index (κ3) is 3.34. The van der Waals surface area contributed by atoms with Crippen LogP contribution in [0.1, 0.15) is 13.8 Å². The quantitative estimate of drug-likeness (QED) is 0.585. The van der Waals surface area contributed by atoms with Crippen LogP contribution in [0.25, 0.3) is 0 Å². The average Bonchev–Trinajstić information content (AvgIpc) is 2.02. The number of nitrogens with two attached hydrogens (primary N) is 1. The van der Waals surface area contributed by atoms with Gasteiger partial charge in [-0.05, 0) is 13.8 Å². The number of carbonyl (C=O) groups excluding carboxylic acids is 1. The second-order valence-electron chi connectivity index (χ2n) is 2.22. The minimum atomic E-state index is -0.681. The summed E-state index contributed by atoms with van der Waals surface area (Å²) in [5.41, 5.74) is 5.46. The third-order valence-corrected chi connectivity index (χ3v) is 1.44. The summed E-state index contributed by atoms with van der Waals surface area (Å²) in [5.74, 6) is -0.415. The predicted molar refractivity (Wildman–Crippen MR) is 41.1 cm³/mol. The molecule has 2 atom stereocenters. The van der Waals surface area contributed by atoms with E-state index in [1.54, 1.807) is 13.8 Å². The van der Waals surface area contributed by atoms with Crippen LogP contribution in [0.3, 0.4) is 0 Å². The van der Waals surface area contributed by atoms with Gasteiger partial charge in [0.2, 0.25) is 0 Å². The summed E-state index contributed by atoms with van der Waals surface area (Å²) >= 11 is 0. The fourth-order valence-electron chi connectivity index (χ4n) is 0.577. The molecule has 0 aliphatic carbocycles. The van der Waals surface area contributed by atoms with Gasteiger partial charge in [-0.1, -0.05) is 0 Å². The maximum atomic E-state index is 10.9. The van der Waals surface area contributed by atoms with Crippen LogP contribution in [0.2, 0.25) is 0 Å². The fourth-order valence-corrected chi connectivity index (χ4v) is 0.577. The number of esters is 1. The lowest BCUT2D eigenvalue weighted by atomic mass is 10.2. The topological polar surface area (TPSA) is 61.5 Å². The zero-order valence-electron chi connectivity index (χ0n) is 7.16. The Labute approximate surface area is 66.7 Å². The lowest BCUT2D eigenvalue weighted by Crippen LogP contribution is -2.42. The molecule has 0 amide bonds. The first kappa shape index (κ1) is 10.4. The number of ether oxygens (including phenoxy) is 2. The smallest absolute Gasteiger partial charge is 0.325 e. The molecule has 0 rings (SSSR count). The zero-order valence-corrected chi connectivity index (χ0v) is 7.16. The Hall–Kier alpha value is -0.610. The van der Waals surface area contributed by atoms with Crippen LogP contribution in [-0.4, -0.2) is 31.8 Å². The molecule has 0 saturated carbocycles. The molecule has 0 aliphatic rings. The largest absolute Gasteiger partial charge is 0.465 e. The van der Waals surface area contributed by atoms with Crippen molar-refractivity contribution in [2.75, 3.05) is 13.7 Å². The van der Waals surface area contributed by atoms with Gasteiger partial charge in [-0.15, -0.1) is 0 Å². The number of methoxy groups -OCH3 is 1. The van der Waals surface area contributed by atoms with Gasteiger partial charge in [0, 0.05) is 7.11 Å². The normalized spacial score (nSPS) is 15.6. The van der Waals surface area contributed by atoms with Crippen LogP contribution in [0.4, 0.5) is 0 Å². The van der Waals surface area contributed by atoms with E-state index in [1.807, 2.05) is 0 Å². The van der Waals surface area contributed by atoms with Crippen molar-refractivity contribution in [3.8, 4) is 0 Å². The van der Waals surface area contributed by atoms with Gasteiger partial charge in [-0.2, -0.15) is 0 Å². The van der Waals surface area contributed by atoms with Gasteiger partial charge in [-0.3, -0.25) is 4.79 Å². The second-order valence-corrected chi connectivity index (χ2v) is 2.22. The maximum Gasteiger partial charge on any atom is 0.325 e. The lowest BCUT2D eigenvalue weighted by molar-refractivity contribution is -0.147. The third-order valence-electron chi connectivity index (χ3n) is 1.44. The molecule has 66 valence electrons. The molecule has 11 heavy (non-hydrogen) atoms. The van der Waals surface area contributed by atoms with Gasteiger partial charge in [-0.25, -0.2) is 0 Å². The molecule has 0 aromatic heterocycles. The lowest BCUT2D eigenvalue weighted by Gasteiger charge is -2.16. The minimum absolute atomic E-state index is 0.297. The zero-order chi connectivity index (χ0) is 8.85. The summed E-state index contributed by atoms with van der Waals surface area (Å²) < 4.78 is 9.54. The highest BCUT2D eigenvalue weighted by molar-refractivity contribution is 5.76. The summed E-state index contributed by atoms with van der Waals surface area (Å²) in [4.78, 5) is 10.9. The van der Waals surface area contributed by atoms with E-state index in [-0.39, 0.29) is 6.10 Å². The summed E-state index contributed by atoms with van der Waals surface area (Å²) in [7, 11) is 1.50. The van der Waals surface area contributed by atoms with Crippen molar-refractivity contribution in [1.29, 1.82) is 0 Å². The van der Waals surface area contributed by atoms with Crippen LogP contribution in [0.5, 0.6) is 0 Å². The van der Waals surface area contributed by atoms with Crippen LogP contribution in [0.15, 0.2) is 0 Å². The Bertz CT molecular complexity index is 127. The number of hydrogen-bond acceptors (Lipinski definition) is 4. The van der Waals surface area contributed by atoms with E-state index in [0.29, 0.717) is 6.61 Å². The molecule has 2 N–H and O–H groups in total. The van der Waals surface area contributed by atoms with E-state index < -0.39 is 12.0 Å². The van der Waals surface area contributed by atoms with Gasteiger partial charge in [0.15, 0.2) is 0 Å². The molecule has 0 saturated heterocycles.